The van der Waals surface area contributed by atoms with Crippen molar-refractivity contribution in [3.05, 3.63) is 24.0 Å². The third-order valence-electron chi connectivity index (χ3n) is 2.85. The Kier molecular flexibility index (Phi) is 3.61. The lowest BCUT2D eigenvalue weighted by molar-refractivity contribution is 0.615. The second kappa shape index (κ2) is 5.18. The summed E-state index contributed by atoms with van der Waals surface area (Å²) < 4.78 is 3.98. The van der Waals surface area contributed by atoms with Crippen LogP contribution in [0.1, 0.15) is 11.5 Å². The SMILES string of the molecule is CN(C)c1ncc(CNCc2nncn2C)n1C. The largest absolute Gasteiger partial charge is 0.348 e. The van der Waals surface area contributed by atoms with Gasteiger partial charge >= 0.3 is 0 Å². The van der Waals surface area contributed by atoms with Gasteiger partial charge < -0.3 is 19.4 Å². The van der Waals surface area contributed by atoms with Gasteiger partial charge in [0.05, 0.1) is 18.4 Å². The summed E-state index contributed by atoms with van der Waals surface area (Å²) in [6.45, 7) is 1.45. The van der Waals surface area contributed by atoms with E-state index < -0.39 is 0 Å². The molecule has 0 amide bonds. The Morgan fingerprint density at radius 2 is 2.06 bits per heavy atom. The molecule has 18 heavy (non-hydrogen) atoms. The second-order valence-corrected chi connectivity index (χ2v) is 4.46. The number of anilines is 1. The number of nitrogens with one attached hydrogen (secondary N) is 1. The maximum absolute atomic E-state index is 4.36. The summed E-state index contributed by atoms with van der Waals surface area (Å²) >= 11 is 0. The molecule has 0 aromatic carbocycles. The van der Waals surface area contributed by atoms with E-state index in [-0.39, 0.29) is 0 Å². The van der Waals surface area contributed by atoms with Crippen molar-refractivity contribution in [2.45, 2.75) is 13.1 Å². The third-order valence-corrected chi connectivity index (χ3v) is 2.85. The molecule has 0 radical (unpaired) electrons. The molecule has 0 bridgehead atoms. The van der Waals surface area contributed by atoms with Crippen molar-refractivity contribution in [1.82, 2.24) is 29.6 Å². The van der Waals surface area contributed by atoms with Crippen LogP contribution in [0.4, 0.5) is 5.95 Å². The number of rotatable bonds is 5. The minimum Gasteiger partial charge on any atom is -0.348 e. The van der Waals surface area contributed by atoms with Crippen molar-refractivity contribution in [3.8, 4) is 0 Å². The molecule has 0 aliphatic heterocycles. The van der Waals surface area contributed by atoms with E-state index in [2.05, 4.69) is 25.1 Å². The van der Waals surface area contributed by atoms with Crippen molar-refractivity contribution in [2.24, 2.45) is 14.1 Å². The quantitative estimate of drug-likeness (QED) is 0.802. The molecular weight excluding hydrogens is 230 g/mol. The zero-order valence-electron chi connectivity index (χ0n) is 11.3. The van der Waals surface area contributed by atoms with Crippen molar-refractivity contribution < 1.29 is 0 Å². The number of hydrogen-bond acceptors (Lipinski definition) is 5. The molecule has 0 aliphatic carbocycles. The number of hydrogen-bond donors (Lipinski definition) is 1. The van der Waals surface area contributed by atoms with E-state index in [0.29, 0.717) is 6.54 Å². The smallest absolute Gasteiger partial charge is 0.204 e. The van der Waals surface area contributed by atoms with Gasteiger partial charge in [-0.2, -0.15) is 0 Å². The zero-order chi connectivity index (χ0) is 13.1. The van der Waals surface area contributed by atoms with Crippen LogP contribution in [0.5, 0.6) is 0 Å². The highest BCUT2D eigenvalue weighted by Gasteiger charge is 2.08. The molecule has 2 aromatic heterocycles. The highest BCUT2D eigenvalue weighted by molar-refractivity contribution is 5.30. The monoisotopic (exact) mass is 249 g/mol. The first kappa shape index (κ1) is 12.6. The van der Waals surface area contributed by atoms with Crippen LogP contribution in [0, 0.1) is 0 Å². The standard InChI is InChI=1S/C11H19N7/c1-16(2)11-13-6-9(18(11)4)5-12-7-10-15-14-8-17(10)3/h6,8,12H,5,7H2,1-4H3. The van der Waals surface area contributed by atoms with Crippen LogP contribution in [0.25, 0.3) is 0 Å². The van der Waals surface area contributed by atoms with E-state index in [1.807, 2.05) is 43.9 Å². The van der Waals surface area contributed by atoms with E-state index in [4.69, 9.17) is 0 Å². The molecule has 0 saturated heterocycles. The lowest BCUT2D eigenvalue weighted by Crippen LogP contribution is -2.19. The maximum Gasteiger partial charge on any atom is 0.204 e. The van der Waals surface area contributed by atoms with Crippen LogP contribution in [0.15, 0.2) is 12.5 Å². The molecule has 0 unspecified atom stereocenters. The van der Waals surface area contributed by atoms with Gasteiger partial charge in [-0.1, -0.05) is 0 Å². The molecule has 0 atom stereocenters. The Balaban J connectivity index is 1.93. The van der Waals surface area contributed by atoms with Gasteiger partial charge in [-0.05, 0) is 0 Å². The van der Waals surface area contributed by atoms with E-state index in [9.17, 15) is 0 Å². The van der Waals surface area contributed by atoms with Crippen LogP contribution < -0.4 is 10.2 Å². The molecule has 0 spiro atoms. The maximum atomic E-state index is 4.36. The molecule has 7 nitrogen and oxygen atoms in total. The van der Waals surface area contributed by atoms with Crippen molar-refractivity contribution >= 4 is 5.95 Å². The summed E-state index contributed by atoms with van der Waals surface area (Å²) in [5.74, 6) is 1.87. The van der Waals surface area contributed by atoms with Gasteiger partial charge in [0.1, 0.15) is 12.2 Å². The molecule has 2 rings (SSSR count). The summed E-state index contributed by atoms with van der Waals surface area (Å²) in [5, 5.41) is 11.2. The lowest BCUT2D eigenvalue weighted by Gasteiger charge is -2.12. The Morgan fingerprint density at radius 3 is 2.61 bits per heavy atom. The second-order valence-electron chi connectivity index (χ2n) is 4.46. The van der Waals surface area contributed by atoms with Crippen molar-refractivity contribution in [3.63, 3.8) is 0 Å². The van der Waals surface area contributed by atoms with Gasteiger partial charge in [-0.3, -0.25) is 0 Å². The van der Waals surface area contributed by atoms with Crippen molar-refractivity contribution in [2.75, 3.05) is 19.0 Å². The first-order chi connectivity index (χ1) is 8.59. The number of aryl methyl sites for hydroxylation is 1. The Labute approximate surface area is 106 Å². The average Bonchev–Trinajstić information content (AvgIpc) is 2.87. The summed E-state index contributed by atoms with van der Waals surface area (Å²) in [7, 11) is 7.92. The third kappa shape index (κ3) is 2.51. The van der Waals surface area contributed by atoms with Gasteiger partial charge in [0.2, 0.25) is 5.95 Å². The number of nitrogens with zero attached hydrogens (tertiary/aromatic N) is 6. The first-order valence-corrected chi connectivity index (χ1v) is 5.81. The first-order valence-electron chi connectivity index (χ1n) is 5.81. The molecule has 0 saturated carbocycles. The van der Waals surface area contributed by atoms with Crippen LogP contribution >= 0.6 is 0 Å². The molecule has 2 aromatic rings. The van der Waals surface area contributed by atoms with Crippen LogP contribution in [-0.4, -0.2) is 38.4 Å². The summed E-state index contributed by atoms with van der Waals surface area (Å²) in [5.41, 5.74) is 1.14. The van der Waals surface area contributed by atoms with E-state index in [0.717, 1.165) is 24.0 Å². The predicted octanol–water partition coefficient (Wildman–Crippen LogP) is -0.0956. The van der Waals surface area contributed by atoms with Crippen LogP contribution in [0.3, 0.4) is 0 Å². The topological polar surface area (TPSA) is 63.8 Å². The minimum atomic E-state index is 0.693. The Morgan fingerprint density at radius 1 is 1.28 bits per heavy atom. The van der Waals surface area contributed by atoms with Crippen LogP contribution in [0.2, 0.25) is 0 Å². The van der Waals surface area contributed by atoms with Crippen LogP contribution in [-0.2, 0) is 27.2 Å². The fourth-order valence-electron chi connectivity index (χ4n) is 1.78. The summed E-state index contributed by atoms with van der Waals surface area (Å²) in [6, 6.07) is 0. The minimum absolute atomic E-state index is 0.693. The number of aromatic nitrogens is 5. The molecular formula is C11H19N7. The van der Waals surface area contributed by atoms with E-state index in [1.54, 1.807) is 6.33 Å². The normalized spacial score (nSPS) is 10.9. The molecule has 1 N–H and O–H groups in total. The number of imidazole rings is 1. The lowest BCUT2D eigenvalue weighted by atomic mass is 10.4. The van der Waals surface area contributed by atoms with Gasteiger partial charge in [-0.15, -0.1) is 10.2 Å². The highest BCUT2D eigenvalue weighted by atomic mass is 15.3. The fourth-order valence-corrected chi connectivity index (χ4v) is 1.78. The molecule has 7 heteroatoms. The highest BCUT2D eigenvalue weighted by Crippen LogP contribution is 2.10. The van der Waals surface area contributed by atoms with E-state index >= 15 is 0 Å². The van der Waals surface area contributed by atoms with Gasteiger partial charge in [-0.25, -0.2) is 4.98 Å². The molecule has 2 heterocycles. The molecule has 0 fully saturated rings. The Hall–Kier alpha value is -1.89. The fraction of sp³-hybridized carbons (Fsp3) is 0.545. The Bertz CT molecular complexity index is 511. The predicted molar refractivity (Wildman–Crippen MR) is 69.1 cm³/mol. The van der Waals surface area contributed by atoms with Gasteiger partial charge in [0.15, 0.2) is 0 Å². The zero-order valence-corrected chi connectivity index (χ0v) is 11.3. The summed E-state index contributed by atoms with van der Waals surface area (Å²) in [4.78, 5) is 6.36. The molecule has 98 valence electrons. The van der Waals surface area contributed by atoms with Gasteiger partial charge in [0.25, 0.3) is 0 Å². The van der Waals surface area contributed by atoms with Gasteiger partial charge in [0, 0.05) is 34.7 Å². The molecule has 0 aliphatic rings. The average molecular weight is 249 g/mol. The van der Waals surface area contributed by atoms with Crippen molar-refractivity contribution in [1.29, 1.82) is 0 Å². The summed E-state index contributed by atoms with van der Waals surface area (Å²) in [6.07, 6.45) is 3.59. The van der Waals surface area contributed by atoms with E-state index in [1.165, 1.54) is 0 Å².